The van der Waals surface area contributed by atoms with Crippen LogP contribution in [0.4, 0.5) is 0 Å². The number of ether oxygens (including phenoxy) is 1. The van der Waals surface area contributed by atoms with E-state index in [4.69, 9.17) is 4.74 Å². The molecule has 3 heterocycles. The molecule has 3 rings (SSSR count). The lowest BCUT2D eigenvalue weighted by atomic mass is 10.1. The van der Waals surface area contributed by atoms with Crippen LogP contribution in [-0.2, 0) is 11.3 Å². The van der Waals surface area contributed by atoms with Gasteiger partial charge in [0.25, 0.3) is 5.56 Å². The highest BCUT2D eigenvalue weighted by Crippen LogP contribution is 2.08. The number of hydrogen-bond acceptors (Lipinski definition) is 5. The van der Waals surface area contributed by atoms with Crippen molar-refractivity contribution in [3.05, 3.63) is 35.0 Å². The highest BCUT2D eigenvalue weighted by molar-refractivity contribution is 5.71. The lowest BCUT2D eigenvalue weighted by Crippen LogP contribution is -2.32. The SMILES string of the molecule is CN1CCOC[C@@H](Cn2cnc3cccnc3c2=O)C1. The second-order valence-corrected chi connectivity index (χ2v) is 5.28. The third-order valence-corrected chi connectivity index (χ3v) is 3.58. The molecule has 2 aromatic heterocycles. The van der Waals surface area contributed by atoms with Crippen molar-refractivity contribution >= 4 is 11.0 Å². The van der Waals surface area contributed by atoms with Gasteiger partial charge in [0, 0.05) is 31.7 Å². The Morgan fingerprint density at radius 1 is 1.45 bits per heavy atom. The van der Waals surface area contributed by atoms with E-state index in [2.05, 4.69) is 21.9 Å². The van der Waals surface area contributed by atoms with E-state index in [1.807, 2.05) is 0 Å². The summed E-state index contributed by atoms with van der Waals surface area (Å²) in [5.41, 5.74) is 0.989. The van der Waals surface area contributed by atoms with Gasteiger partial charge < -0.3 is 9.64 Å². The number of fused-ring (bicyclic) bond motifs is 1. The molecular weight excluding hydrogens is 256 g/mol. The molecule has 0 aliphatic carbocycles. The van der Waals surface area contributed by atoms with Crippen molar-refractivity contribution in [1.82, 2.24) is 19.4 Å². The van der Waals surface area contributed by atoms with Crippen molar-refractivity contribution < 1.29 is 4.74 Å². The molecule has 1 fully saturated rings. The highest BCUT2D eigenvalue weighted by atomic mass is 16.5. The van der Waals surface area contributed by atoms with Crippen LogP contribution in [0.2, 0.25) is 0 Å². The van der Waals surface area contributed by atoms with Crippen molar-refractivity contribution in [3.8, 4) is 0 Å². The van der Waals surface area contributed by atoms with Crippen LogP contribution >= 0.6 is 0 Å². The molecule has 0 radical (unpaired) electrons. The number of hydrogen-bond donors (Lipinski definition) is 0. The zero-order valence-electron chi connectivity index (χ0n) is 11.5. The molecule has 1 aliphatic rings. The normalized spacial score (nSPS) is 20.9. The fraction of sp³-hybridized carbons (Fsp3) is 0.500. The van der Waals surface area contributed by atoms with E-state index in [0.29, 0.717) is 30.1 Å². The Morgan fingerprint density at radius 2 is 2.35 bits per heavy atom. The Balaban J connectivity index is 1.87. The first-order chi connectivity index (χ1) is 9.74. The minimum Gasteiger partial charge on any atom is -0.380 e. The molecule has 0 amide bonds. The molecule has 6 heteroatoms. The van der Waals surface area contributed by atoms with E-state index in [1.54, 1.807) is 29.2 Å². The molecule has 1 saturated heterocycles. The van der Waals surface area contributed by atoms with Gasteiger partial charge >= 0.3 is 0 Å². The molecule has 20 heavy (non-hydrogen) atoms. The average molecular weight is 274 g/mol. The molecule has 0 aromatic carbocycles. The summed E-state index contributed by atoms with van der Waals surface area (Å²) in [5, 5.41) is 0. The van der Waals surface area contributed by atoms with Crippen molar-refractivity contribution in [1.29, 1.82) is 0 Å². The quantitative estimate of drug-likeness (QED) is 0.792. The van der Waals surface area contributed by atoms with Crippen LogP contribution in [0.3, 0.4) is 0 Å². The molecule has 0 spiro atoms. The van der Waals surface area contributed by atoms with Gasteiger partial charge in [-0.2, -0.15) is 0 Å². The molecule has 1 aliphatic heterocycles. The minimum absolute atomic E-state index is 0.0810. The molecule has 1 atom stereocenters. The molecule has 2 aromatic rings. The van der Waals surface area contributed by atoms with Gasteiger partial charge in [-0.25, -0.2) is 9.97 Å². The summed E-state index contributed by atoms with van der Waals surface area (Å²) in [7, 11) is 2.07. The third kappa shape index (κ3) is 2.71. The lowest BCUT2D eigenvalue weighted by molar-refractivity contribution is 0.117. The predicted octanol–water partition coefficient (Wildman–Crippen LogP) is 0.370. The molecule has 0 bridgehead atoms. The standard InChI is InChI=1S/C14H18N4O2/c1-17-5-6-20-9-11(7-17)8-18-10-16-12-3-2-4-15-13(12)14(18)19/h2-4,10-11H,5-9H2,1H3/t11-/m1/s1. The fourth-order valence-corrected chi connectivity index (χ4v) is 2.56. The molecule has 0 N–H and O–H groups in total. The minimum atomic E-state index is -0.0810. The van der Waals surface area contributed by atoms with Crippen LogP contribution in [-0.4, -0.2) is 52.8 Å². The Kier molecular flexibility index (Phi) is 3.75. The maximum Gasteiger partial charge on any atom is 0.279 e. The van der Waals surface area contributed by atoms with Crippen LogP contribution in [0.25, 0.3) is 11.0 Å². The van der Waals surface area contributed by atoms with E-state index in [9.17, 15) is 4.79 Å². The van der Waals surface area contributed by atoms with E-state index in [0.717, 1.165) is 19.7 Å². The highest BCUT2D eigenvalue weighted by Gasteiger charge is 2.17. The van der Waals surface area contributed by atoms with E-state index in [1.165, 1.54) is 0 Å². The van der Waals surface area contributed by atoms with Gasteiger partial charge in [-0.15, -0.1) is 0 Å². The second-order valence-electron chi connectivity index (χ2n) is 5.28. The van der Waals surface area contributed by atoms with Gasteiger partial charge in [0.2, 0.25) is 0 Å². The van der Waals surface area contributed by atoms with E-state index >= 15 is 0 Å². The number of aromatic nitrogens is 3. The summed E-state index contributed by atoms with van der Waals surface area (Å²) in [6, 6.07) is 3.59. The van der Waals surface area contributed by atoms with Crippen molar-refractivity contribution in [2.24, 2.45) is 5.92 Å². The summed E-state index contributed by atoms with van der Waals surface area (Å²) in [4.78, 5) is 23.0. The Labute approximate surface area is 117 Å². The Hall–Kier alpha value is -1.79. The molecule has 0 saturated carbocycles. The van der Waals surface area contributed by atoms with Gasteiger partial charge in [-0.1, -0.05) is 0 Å². The molecular formula is C14H18N4O2. The lowest BCUT2D eigenvalue weighted by Gasteiger charge is -2.19. The fourth-order valence-electron chi connectivity index (χ4n) is 2.56. The first-order valence-electron chi connectivity index (χ1n) is 6.80. The summed E-state index contributed by atoms with van der Waals surface area (Å²) in [6.07, 6.45) is 3.23. The predicted molar refractivity (Wildman–Crippen MR) is 75.6 cm³/mol. The average Bonchev–Trinajstić information content (AvgIpc) is 2.66. The van der Waals surface area contributed by atoms with Crippen molar-refractivity contribution in [2.75, 3.05) is 33.4 Å². The summed E-state index contributed by atoms with van der Waals surface area (Å²) in [6.45, 7) is 3.90. The Morgan fingerprint density at radius 3 is 3.25 bits per heavy atom. The summed E-state index contributed by atoms with van der Waals surface area (Å²) >= 11 is 0. The van der Waals surface area contributed by atoms with Gasteiger partial charge in [0.1, 0.15) is 0 Å². The topological polar surface area (TPSA) is 60.2 Å². The van der Waals surface area contributed by atoms with Crippen LogP contribution in [0.15, 0.2) is 29.5 Å². The first-order valence-corrected chi connectivity index (χ1v) is 6.80. The van der Waals surface area contributed by atoms with Gasteiger partial charge in [0.05, 0.1) is 25.1 Å². The van der Waals surface area contributed by atoms with Gasteiger partial charge in [0.15, 0.2) is 5.52 Å². The van der Waals surface area contributed by atoms with Crippen LogP contribution in [0.5, 0.6) is 0 Å². The monoisotopic (exact) mass is 274 g/mol. The smallest absolute Gasteiger partial charge is 0.279 e. The number of pyridine rings is 1. The maximum atomic E-state index is 12.4. The largest absolute Gasteiger partial charge is 0.380 e. The van der Waals surface area contributed by atoms with Gasteiger partial charge in [-0.05, 0) is 19.2 Å². The number of rotatable bonds is 2. The summed E-state index contributed by atoms with van der Waals surface area (Å²) in [5.74, 6) is 0.295. The molecule has 106 valence electrons. The van der Waals surface area contributed by atoms with E-state index < -0.39 is 0 Å². The van der Waals surface area contributed by atoms with E-state index in [-0.39, 0.29) is 5.56 Å². The van der Waals surface area contributed by atoms with Crippen LogP contribution in [0, 0.1) is 5.92 Å². The second kappa shape index (κ2) is 5.68. The molecule has 0 unspecified atom stereocenters. The molecule has 6 nitrogen and oxygen atoms in total. The van der Waals surface area contributed by atoms with Crippen LogP contribution in [0.1, 0.15) is 0 Å². The first kappa shape index (κ1) is 13.2. The van der Waals surface area contributed by atoms with Crippen molar-refractivity contribution in [3.63, 3.8) is 0 Å². The maximum absolute atomic E-state index is 12.4. The third-order valence-electron chi connectivity index (χ3n) is 3.58. The summed E-state index contributed by atoms with van der Waals surface area (Å²) < 4.78 is 7.23. The Bertz CT molecular complexity index is 655. The van der Waals surface area contributed by atoms with Crippen LogP contribution < -0.4 is 5.56 Å². The van der Waals surface area contributed by atoms with Gasteiger partial charge in [-0.3, -0.25) is 9.36 Å². The number of likely N-dealkylation sites (N-methyl/N-ethyl adjacent to an activating group) is 1. The zero-order chi connectivity index (χ0) is 13.9. The zero-order valence-corrected chi connectivity index (χ0v) is 11.5. The number of nitrogens with zero attached hydrogens (tertiary/aromatic N) is 4. The van der Waals surface area contributed by atoms with Crippen molar-refractivity contribution in [2.45, 2.75) is 6.54 Å².